The minimum absolute atomic E-state index is 0.0365. The van der Waals surface area contributed by atoms with E-state index in [2.05, 4.69) is 5.32 Å². The number of carbonyl (C=O) groups is 2. The maximum Gasteiger partial charge on any atom is 0.354 e. The van der Waals surface area contributed by atoms with Crippen molar-refractivity contribution in [3.8, 4) is 0 Å². The predicted molar refractivity (Wildman–Crippen MR) is 86.4 cm³/mol. The van der Waals surface area contributed by atoms with E-state index >= 15 is 0 Å². The summed E-state index contributed by atoms with van der Waals surface area (Å²) in [6.45, 7) is 4.15. The molecule has 0 radical (unpaired) electrons. The lowest BCUT2D eigenvalue weighted by molar-refractivity contribution is -0.140. The Labute approximate surface area is 134 Å². The highest BCUT2D eigenvalue weighted by Crippen LogP contribution is 2.09. The molecule has 2 rings (SSSR count). The third-order valence-electron chi connectivity index (χ3n) is 2.88. The second-order valence-corrected chi connectivity index (χ2v) is 5.39. The first-order valence-corrected chi connectivity index (χ1v) is 7.35. The van der Waals surface area contributed by atoms with E-state index < -0.39 is 5.97 Å². The van der Waals surface area contributed by atoms with Crippen LogP contribution in [0.25, 0.3) is 6.08 Å². The van der Waals surface area contributed by atoms with Crippen molar-refractivity contribution in [2.45, 2.75) is 13.8 Å². The Kier molecular flexibility index (Phi) is 5.74. The molecule has 0 bridgehead atoms. The highest BCUT2D eigenvalue weighted by molar-refractivity contribution is 6.03. The van der Waals surface area contributed by atoms with E-state index in [0.717, 1.165) is 0 Å². The Morgan fingerprint density at radius 3 is 2.52 bits per heavy atom. The number of hydrogen-bond acceptors (Lipinski definition) is 4. The van der Waals surface area contributed by atoms with Crippen molar-refractivity contribution >= 4 is 18.0 Å². The van der Waals surface area contributed by atoms with E-state index in [0.29, 0.717) is 11.3 Å². The third-order valence-corrected chi connectivity index (χ3v) is 2.88. The fraction of sp³-hybridized carbons (Fsp3) is 0.222. The first-order chi connectivity index (χ1) is 11.1. The highest BCUT2D eigenvalue weighted by atomic mass is 16.5. The highest BCUT2D eigenvalue weighted by Gasteiger charge is 2.17. The van der Waals surface area contributed by atoms with Crippen LogP contribution >= 0.6 is 0 Å². The van der Waals surface area contributed by atoms with Crippen molar-refractivity contribution in [1.29, 1.82) is 0 Å². The lowest BCUT2D eigenvalue weighted by Crippen LogP contribution is -2.29. The van der Waals surface area contributed by atoms with Gasteiger partial charge in [-0.05, 0) is 30.2 Å². The van der Waals surface area contributed by atoms with E-state index in [9.17, 15) is 9.59 Å². The van der Waals surface area contributed by atoms with Crippen LogP contribution in [0.15, 0.2) is 58.8 Å². The van der Waals surface area contributed by atoms with Crippen LogP contribution in [-0.2, 0) is 9.53 Å². The van der Waals surface area contributed by atoms with Crippen LogP contribution in [0.3, 0.4) is 0 Å². The molecule has 0 saturated carbocycles. The van der Waals surface area contributed by atoms with Crippen LogP contribution in [-0.4, -0.2) is 18.5 Å². The molecule has 0 spiro atoms. The van der Waals surface area contributed by atoms with Crippen molar-refractivity contribution in [3.63, 3.8) is 0 Å². The van der Waals surface area contributed by atoms with Gasteiger partial charge < -0.3 is 14.5 Å². The summed E-state index contributed by atoms with van der Waals surface area (Å²) in [5.41, 5.74) is 0.490. The Morgan fingerprint density at radius 1 is 1.17 bits per heavy atom. The van der Waals surface area contributed by atoms with E-state index in [4.69, 9.17) is 9.15 Å². The average Bonchev–Trinajstić information content (AvgIpc) is 3.05. The monoisotopic (exact) mass is 313 g/mol. The molecular weight excluding hydrogens is 294 g/mol. The van der Waals surface area contributed by atoms with Gasteiger partial charge >= 0.3 is 5.97 Å². The van der Waals surface area contributed by atoms with Gasteiger partial charge in [0.05, 0.1) is 12.9 Å². The molecule has 1 heterocycles. The van der Waals surface area contributed by atoms with Gasteiger partial charge in [-0.15, -0.1) is 0 Å². The minimum Gasteiger partial charge on any atom is -0.465 e. The van der Waals surface area contributed by atoms with Gasteiger partial charge in [0.15, 0.2) is 0 Å². The second kappa shape index (κ2) is 7.98. The molecule has 1 N–H and O–H groups in total. The summed E-state index contributed by atoms with van der Waals surface area (Å²) < 4.78 is 10.4. The number of amides is 1. The third kappa shape index (κ3) is 5.14. The number of rotatable bonds is 6. The zero-order valence-electron chi connectivity index (χ0n) is 13.1. The molecule has 2 aromatic rings. The molecule has 1 aromatic carbocycles. The van der Waals surface area contributed by atoms with E-state index in [-0.39, 0.29) is 24.1 Å². The summed E-state index contributed by atoms with van der Waals surface area (Å²) in [6.07, 6.45) is 2.94. The number of benzene rings is 1. The zero-order chi connectivity index (χ0) is 16.7. The Hall–Kier alpha value is -2.82. The minimum atomic E-state index is -0.598. The lowest BCUT2D eigenvalue weighted by Gasteiger charge is -2.11. The van der Waals surface area contributed by atoms with E-state index in [1.807, 2.05) is 19.9 Å². The van der Waals surface area contributed by atoms with Crippen LogP contribution in [0.4, 0.5) is 0 Å². The maximum absolute atomic E-state index is 12.2. The van der Waals surface area contributed by atoms with Crippen LogP contribution < -0.4 is 5.32 Å². The largest absolute Gasteiger partial charge is 0.465 e. The lowest BCUT2D eigenvalue weighted by atomic mass is 10.2. The van der Waals surface area contributed by atoms with Crippen LogP contribution in [0.1, 0.15) is 30.0 Å². The molecule has 23 heavy (non-hydrogen) atoms. The van der Waals surface area contributed by atoms with Crippen molar-refractivity contribution in [2.24, 2.45) is 5.92 Å². The molecule has 1 aromatic heterocycles. The molecule has 0 unspecified atom stereocenters. The first-order valence-electron chi connectivity index (χ1n) is 7.35. The van der Waals surface area contributed by atoms with Crippen LogP contribution in [0.2, 0.25) is 0 Å². The maximum atomic E-state index is 12.2. The summed E-state index contributed by atoms with van der Waals surface area (Å²) in [6, 6.07) is 12.0. The molecule has 0 aliphatic heterocycles. The zero-order valence-corrected chi connectivity index (χ0v) is 13.1. The van der Waals surface area contributed by atoms with Gasteiger partial charge in [-0.3, -0.25) is 4.79 Å². The summed E-state index contributed by atoms with van der Waals surface area (Å²) in [7, 11) is 0. The molecule has 0 aliphatic rings. The van der Waals surface area contributed by atoms with Gasteiger partial charge in [0.25, 0.3) is 5.91 Å². The smallest absolute Gasteiger partial charge is 0.354 e. The van der Waals surface area contributed by atoms with E-state index in [1.165, 1.54) is 12.3 Å². The summed E-state index contributed by atoms with van der Waals surface area (Å²) >= 11 is 0. The number of nitrogens with one attached hydrogen (secondary N) is 1. The van der Waals surface area contributed by atoms with Crippen molar-refractivity contribution in [1.82, 2.24) is 5.32 Å². The first kappa shape index (κ1) is 16.5. The number of hydrogen-bond donors (Lipinski definition) is 1. The standard InChI is InChI=1S/C18H19NO4/c1-13(2)12-23-18(21)16(11-15-9-6-10-22-15)19-17(20)14-7-4-3-5-8-14/h3-11,13H,12H2,1-2H3,(H,19,20)/b16-11+. The molecule has 5 nitrogen and oxygen atoms in total. The van der Waals surface area contributed by atoms with Crippen LogP contribution in [0, 0.1) is 5.92 Å². The summed E-state index contributed by atoms with van der Waals surface area (Å²) in [5, 5.41) is 2.58. The molecule has 1 amide bonds. The van der Waals surface area contributed by atoms with Crippen LogP contribution in [0.5, 0.6) is 0 Å². The predicted octanol–water partition coefficient (Wildman–Crippen LogP) is 3.25. The molecule has 120 valence electrons. The van der Waals surface area contributed by atoms with Gasteiger partial charge in [-0.1, -0.05) is 32.0 Å². The topological polar surface area (TPSA) is 68.5 Å². The molecule has 0 fully saturated rings. The van der Waals surface area contributed by atoms with E-state index in [1.54, 1.807) is 36.4 Å². The normalized spacial score (nSPS) is 11.3. The van der Waals surface area contributed by atoms with Crippen molar-refractivity contribution in [3.05, 3.63) is 65.7 Å². The number of furan rings is 1. The molecule has 0 saturated heterocycles. The molecule has 0 atom stereocenters. The van der Waals surface area contributed by atoms with Gasteiger partial charge in [-0.25, -0.2) is 4.79 Å². The van der Waals surface area contributed by atoms with Crippen molar-refractivity contribution in [2.75, 3.05) is 6.61 Å². The summed E-state index contributed by atoms with van der Waals surface area (Å²) in [4.78, 5) is 24.4. The number of carbonyl (C=O) groups excluding carboxylic acids is 2. The number of esters is 1. The fourth-order valence-electron chi connectivity index (χ4n) is 1.77. The Morgan fingerprint density at radius 2 is 1.91 bits per heavy atom. The molecular formula is C18H19NO4. The number of ether oxygens (including phenoxy) is 1. The Bertz CT molecular complexity index is 672. The Balaban J connectivity index is 2.16. The SMILES string of the molecule is CC(C)COC(=O)/C(=C\c1ccco1)NC(=O)c1ccccc1. The molecule has 0 aliphatic carbocycles. The molecule has 5 heteroatoms. The summed E-state index contributed by atoms with van der Waals surface area (Å²) in [5.74, 6) is -0.326. The van der Waals surface area contributed by atoms with Gasteiger partial charge in [-0.2, -0.15) is 0 Å². The quantitative estimate of drug-likeness (QED) is 0.656. The van der Waals surface area contributed by atoms with Crippen molar-refractivity contribution < 1.29 is 18.7 Å². The van der Waals surface area contributed by atoms with Gasteiger partial charge in [0.2, 0.25) is 0 Å². The van der Waals surface area contributed by atoms with Gasteiger partial charge in [0.1, 0.15) is 11.5 Å². The van der Waals surface area contributed by atoms with Gasteiger partial charge in [0, 0.05) is 11.6 Å². The average molecular weight is 313 g/mol. The fourth-order valence-corrected chi connectivity index (χ4v) is 1.77. The second-order valence-electron chi connectivity index (χ2n) is 5.39.